The molecule has 0 saturated carbocycles. The molecule has 0 heterocycles. The van der Waals surface area contributed by atoms with Gasteiger partial charge in [-0.3, -0.25) is 0 Å². The third kappa shape index (κ3) is 55.5. The third-order valence-corrected chi connectivity index (χ3v) is 12.1. The Morgan fingerprint density at radius 3 is 0.701 bits per heavy atom. The van der Waals surface area contributed by atoms with Gasteiger partial charge in [0.15, 0.2) is 0 Å². The van der Waals surface area contributed by atoms with Crippen LogP contribution < -0.4 is 30.6 Å². The van der Waals surface area contributed by atoms with Gasteiger partial charge in [0.05, 0.1) is 0 Å². The van der Waals surface area contributed by atoms with Crippen LogP contribution in [0.25, 0.3) is 0 Å². The van der Waals surface area contributed by atoms with Gasteiger partial charge in [0.1, 0.15) is 0 Å². The summed E-state index contributed by atoms with van der Waals surface area (Å²) in [6.45, 7) is 9.09. The van der Waals surface area contributed by atoms with Crippen LogP contribution in [0.5, 0.6) is 11.5 Å². The van der Waals surface area contributed by atoms with Crippen LogP contribution in [0.1, 0.15) is 268 Å². The molecule has 8 nitrogen and oxygen atoms in total. The predicted octanol–water partition coefficient (Wildman–Crippen LogP) is 11.0. The van der Waals surface area contributed by atoms with Crippen LogP contribution >= 0.6 is 0 Å². The quantitative estimate of drug-likeness (QED) is 0.0472. The minimum absolute atomic E-state index is 0. The van der Waals surface area contributed by atoms with Gasteiger partial charge >= 0.3 is 113 Å². The van der Waals surface area contributed by atoms with Crippen molar-refractivity contribution in [2.45, 2.75) is 272 Å². The third-order valence-electron chi connectivity index (χ3n) is 12.1. The average molecular weight is 1020 g/mol. The Hall–Kier alpha value is 0.359. The van der Waals surface area contributed by atoms with Crippen molar-refractivity contribution < 1.29 is 40.2 Å². The van der Waals surface area contributed by atoms with Crippen molar-refractivity contribution >= 4 is 126 Å². The minimum Gasteiger partial charge on any atom is -0.872 e. The predicted molar refractivity (Wildman–Crippen MR) is 274 cm³/mol. The van der Waals surface area contributed by atoms with Crippen molar-refractivity contribution in [2.75, 3.05) is 0 Å². The molecule has 0 spiro atoms. The van der Waals surface area contributed by atoms with Crippen molar-refractivity contribution in [1.82, 2.24) is 0 Å². The van der Waals surface area contributed by atoms with Gasteiger partial charge in [-0.1, -0.05) is 268 Å². The maximum atomic E-state index is 12.3. The summed E-state index contributed by atoms with van der Waals surface area (Å²) in [5.74, 6) is 0.547. The summed E-state index contributed by atoms with van der Waals surface area (Å²) in [4.78, 5) is 16.7. The number of hydrogen-bond acceptors (Lipinski definition) is 8. The molecule has 0 N–H and O–H groups in total. The zero-order valence-corrected chi connectivity index (χ0v) is 50.3. The first-order valence-corrected chi connectivity index (χ1v) is 26.4. The Bertz CT molecular complexity index is 1220. The van der Waals surface area contributed by atoms with Crippen molar-refractivity contribution in [1.29, 1.82) is 0 Å². The van der Waals surface area contributed by atoms with Crippen LogP contribution in [0.3, 0.4) is 0 Å². The summed E-state index contributed by atoms with van der Waals surface area (Å²) in [5.41, 5.74) is 4.90. The van der Waals surface area contributed by atoms with Crippen LogP contribution in [0.2, 0.25) is 0 Å². The molecule has 11 heteroatoms. The maximum Gasteiger partial charge on any atom is 2.00 e. The van der Waals surface area contributed by atoms with E-state index in [1.165, 1.54) is 229 Å². The van der Waals surface area contributed by atoms with Crippen molar-refractivity contribution in [2.24, 2.45) is 0 Å². The van der Waals surface area contributed by atoms with Gasteiger partial charge in [0.2, 0.25) is 0 Å². The van der Waals surface area contributed by atoms with Gasteiger partial charge in [-0.2, -0.15) is 0 Å². The van der Waals surface area contributed by atoms with E-state index in [2.05, 4.69) is 39.8 Å². The van der Waals surface area contributed by atoms with E-state index in [4.69, 9.17) is 30.0 Å². The fraction of sp³-hybridized carbons (Fsp3) is 0.750. The van der Waals surface area contributed by atoms with Crippen molar-refractivity contribution in [3.63, 3.8) is 0 Å². The summed E-state index contributed by atoms with van der Waals surface area (Å²) in [6.07, 6.45) is 45.3. The maximum absolute atomic E-state index is 12.3. The molecule has 0 aromatic heterocycles. The van der Waals surface area contributed by atoms with E-state index in [1.807, 2.05) is 12.1 Å². The molecule has 0 fully saturated rings. The zero-order valence-electron chi connectivity index (χ0n) is 43.7. The molecular weight excluding hydrogens is 921 g/mol. The first-order valence-electron chi connectivity index (χ1n) is 26.4. The van der Waals surface area contributed by atoms with Gasteiger partial charge in [-0.05, 0) is 74.8 Å². The Morgan fingerprint density at radius 1 is 0.313 bits per heavy atom. The van der Waals surface area contributed by atoms with Gasteiger partial charge in [0, 0.05) is 0 Å². The molecule has 0 atom stereocenters. The van der Waals surface area contributed by atoms with Crippen LogP contribution in [0, 0.1) is 0 Å². The van der Waals surface area contributed by atoms with Crippen LogP contribution in [-0.4, -0.2) is 126 Å². The smallest absolute Gasteiger partial charge is 0.872 e. The van der Waals surface area contributed by atoms with Crippen LogP contribution in [-0.2, 0) is 25.7 Å². The zero-order chi connectivity index (χ0) is 47.7. The van der Waals surface area contributed by atoms with E-state index in [9.17, 15) is 10.2 Å². The van der Waals surface area contributed by atoms with E-state index >= 15 is 0 Å². The molecule has 0 amide bonds. The average Bonchev–Trinajstić information content (AvgIpc) is 3.25. The van der Waals surface area contributed by atoms with Gasteiger partial charge in [-0.25, -0.2) is 0 Å². The molecule has 2 aromatic carbocycles. The molecule has 0 saturated heterocycles. The fourth-order valence-corrected chi connectivity index (χ4v) is 8.38. The second-order valence-electron chi connectivity index (χ2n) is 17.9. The number of unbranched alkanes of at least 4 members (excludes halogenated alkanes) is 30. The number of carbonyl (C=O) groups is 2. The Kier molecular flexibility index (Phi) is 69.1. The standard InChI is InChI=1S/2C27H48O.2CH2O3.3Ca/c2*1-3-5-7-9-11-12-13-15-16-18-21-25-22-20-24-27(28)26(25)23-19-17-14-10-8-6-4-2;2*2-1(3)4;;;/h2*20,22,24,28H,3-19,21,23H2,1-2H3;2*(H2,2,3,4);;;/q;;;;3*+2/p-6. The number of aryl methyl sites for hydroxylation is 2. The summed E-state index contributed by atoms with van der Waals surface area (Å²) < 4.78 is 0. The van der Waals surface area contributed by atoms with Crippen LogP contribution in [0.4, 0.5) is 9.59 Å². The Labute approximate surface area is 501 Å². The summed E-state index contributed by atoms with van der Waals surface area (Å²) >= 11 is 0. The number of rotatable bonds is 38. The summed E-state index contributed by atoms with van der Waals surface area (Å²) in [5, 5.41) is 58.0. The molecular formula is C56H94Ca3O8. The summed E-state index contributed by atoms with van der Waals surface area (Å²) in [7, 11) is 0. The normalized spacial score (nSPS) is 10.1. The molecule has 0 radical (unpaired) electrons. The monoisotopic (exact) mass is 1010 g/mol. The minimum atomic E-state index is -2.33. The largest absolute Gasteiger partial charge is 2.00 e. The van der Waals surface area contributed by atoms with E-state index in [1.54, 1.807) is 12.1 Å². The first-order chi connectivity index (χ1) is 31.0. The first kappa shape index (κ1) is 76.3. The van der Waals surface area contributed by atoms with E-state index in [0.717, 1.165) is 36.8 Å². The second-order valence-corrected chi connectivity index (χ2v) is 17.9. The van der Waals surface area contributed by atoms with Gasteiger partial charge in [0.25, 0.3) is 0 Å². The molecule has 2 aromatic rings. The van der Waals surface area contributed by atoms with Crippen LogP contribution in [0.15, 0.2) is 36.4 Å². The molecule has 2 rings (SSSR count). The van der Waals surface area contributed by atoms with E-state index in [0.29, 0.717) is 0 Å². The molecule has 0 unspecified atom stereocenters. The molecule has 0 aliphatic heterocycles. The number of carboxylic acid groups (broad SMARTS) is 4. The number of carbonyl (C=O) groups excluding carboxylic acids is 2. The van der Waals surface area contributed by atoms with Gasteiger partial charge in [-0.15, -0.1) is 11.5 Å². The molecule has 0 aliphatic rings. The van der Waals surface area contributed by atoms with Crippen molar-refractivity contribution in [3.05, 3.63) is 58.7 Å². The SMILES string of the molecule is CCCCCCCCCCCCc1cccc([O-])c1CCCCCCCCC.CCCCCCCCCCCCc1cccc([O-])c1CCCCCCCCC.O=C([O-])[O-].O=C([O-])[O-].[Ca+2].[Ca+2].[Ca+2]. The van der Waals surface area contributed by atoms with Crippen molar-refractivity contribution in [3.8, 4) is 11.5 Å². The Morgan fingerprint density at radius 2 is 0.493 bits per heavy atom. The second kappa shape index (κ2) is 60.7. The van der Waals surface area contributed by atoms with E-state index < -0.39 is 12.3 Å². The summed E-state index contributed by atoms with van der Waals surface area (Å²) in [6, 6.07) is 11.8. The molecule has 372 valence electrons. The fourth-order valence-electron chi connectivity index (χ4n) is 8.38. The topological polar surface area (TPSA) is 172 Å². The molecule has 67 heavy (non-hydrogen) atoms. The van der Waals surface area contributed by atoms with E-state index in [-0.39, 0.29) is 125 Å². The van der Waals surface area contributed by atoms with Gasteiger partial charge < -0.3 is 40.2 Å². The number of benzene rings is 2. The Balaban J connectivity index is -0.000000316. The number of hydrogen-bond donors (Lipinski definition) is 0. The molecule has 0 bridgehead atoms. The molecule has 0 aliphatic carbocycles.